The number of rotatable bonds is 6. The van der Waals surface area contributed by atoms with Gasteiger partial charge in [-0.3, -0.25) is 24.2 Å². The fraction of sp³-hybridized carbons (Fsp3) is 0.778. The molecule has 5 aliphatic rings. The number of esters is 1. The molecule has 1 heterocycles. The SMILES string of the molecule is O=C([O-])CN1CCN(C(=O)[O-])CCN(CC(=O)[O-])CC(=O)NCC(OC(=O)C23CC4CC(CC(C4)C2)C3)CNC(=O)C1.[Gd+3]. The van der Waals surface area contributed by atoms with Crippen molar-refractivity contribution >= 4 is 35.8 Å². The van der Waals surface area contributed by atoms with Crippen molar-refractivity contribution in [3.05, 3.63) is 0 Å². The molecule has 1 saturated heterocycles. The van der Waals surface area contributed by atoms with Crippen LogP contribution >= 0.6 is 0 Å². The number of hydrogen-bond acceptors (Lipinski definition) is 12. The van der Waals surface area contributed by atoms with Gasteiger partial charge in [-0.15, -0.1) is 0 Å². The first-order valence-electron chi connectivity index (χ1n) is 14.5. The van der Waals surface area contributed by atoms with Crippen molar-refractivity contribution in [1.29, 1.82) is 0 Å². The van der Waals surface area contributed by atoms with Gasteiger partial charge in [-0.2, -0.15) is 0 Å². The number of amides is 3. The smallest absolute Gasteiger partial charge is 0.549 e. The number of ether oxygens (including phenoxy) is 1. The fourth-order valence-corrected chi connectivity index (χ4v) is 7.38. The van der Waals surface area contributed by atoms with Gasteiger partial charge in [-0.05, 0) is 56.3 Å². The summed E-state index contributed by atoms with van der Waals surface area (Å²) in [6.45, 7) is -3.27. The molecule has 1 radical (unpaired) electrons. The predicted molar refractivity (Wildman–Crippen MR) is 136 cm³/mol. The molecule has 4 aliphatic carbocycles. The van der Waals surface area contributed by atoms with Crippen molar-refractivity contribution in [1.82, 2.24) is 25.3 Å². The Labute approximate surface area is 281 Å². The van der Waals surface area contributed by atoms with Crippen LogP contribution in [-0.4, -0.2) is 122 Å². The minimum absolute atomic E-state index is 0. The third kappa shape index (κ3) is 10.2. The van der Waals surface area contributed by atoms with Crippen molar-refractivity contribution < 1.29 is 88.8 Å². The van der Waals surface area contributed by atoms with Gasteiger partial charge in [0, 0.05) is 39.3 Å². The van der Waals surface area contributed by atoms with Crippen LogP contribution in [0.2, 0.25) is 0 Å². The molecular formula is C27H38GdN5O10. The van der Waals surface area contributed by atoms with Crippen molar-refractivity contribution in [2.45, 2.75) is 44.6 Å². The summed E-state index contributed by atoms with van der Waals surface area (Å²) in [5.41, 5.74) is -0.570. The van der Waals surface area contributed by atoms with E-state index in [2.05, 4.69) is 10.6 Å². The molecule has 15 nitrogen and oxygen atoms in total. The maximum Gasteiger partial charge on any atom is 3.00 e. The molecule has 239 valence electrons. The number of carbonyl (C=O) groups is 6. The standard InChI is InChI=1S/C27H41N5O10.Gd/c33-21-13-30(15-23(35)36)1-3-32(26(40)41)4-2-31(16-24(37)38)14-22(34)29-12-20(11-28-21)42-25(39)27-8-17-5-18(9-27)7-19(6-17)10-27;/h17-20H,1-16H2,(H,28,33)(H,29,34)(H,35,36)(H,37,38)(H,40,41);/q;+3/p-3. The maximum atomic E-state index is 13.6. The summed E-state index contributed by atoms with van der Waals surface area (Å²) in [7, 11) is 0. The Morgan fingerprint density at radius 3 is 1.53 bits per heavy atom. The predicted octanol–water partition coefficient (Wildman–Crippen LogP) is -4.89. The number of nitrogens with one attached hydrogen (secondary N) is 2. The molecule has 5 fully saturated rings. The van der Waals surface area contributed by atoms with Gasteiger partial charge < -0.3 is 50.0 Å². The molecule has 4 saturated carbocycles. The number of aliphatic carboxylic acids is 2. The molecule has 4 bridgehead atoms. The number of nitrogens with zero attached hydrogens (tertiary/aromatic N) is 3. The van der Waals surface area contributed by atoms with Crippen LogP contribution in [0.3, 0.4) is 0 Å². The van der Waals surface area contributed by atoms with E-state index in [-0.39, 0.29) is 85.2 Å². The number of carboxylic acids is 2. The first-order valence-corrected chi connectivity index (χ1v) is 14.5. The quantitative estimate of drug-likeness (QED) is 0.245. The van der Waals surface area contributed by atoms with Gasteiger partial charge in [-0.1, -0.05) is 0 Å². The molecular weight excluding hydrogens is 712 g/mol. The van der Waals surface area contributed by atoms with Gasteiger partial charge in [0.15, 0.2) is 0 Å². The van der Waals surface area contributed by atoms with Crippen molar-refractivity contribution in [2.75, 3.05) is 65.4 Å². The van der Waals surface area contributed by atoms with E-state index < -0.39 is 67.5 Å². The van der Waals surface area contributed by atoms with E-state index in [9.17, 15) is 44.1 Å². The molecule has 5 rings (SSSR count). The number of hydrogen-bond donors (Lipinski definition) is 2. The van der Waals surface area contributed by atoms with Gasteiger partial charge >= 0.3 is 45.9 Å². The summed E-state index contributed by atoms with van der Waals surface area (Å²) in [6, 6.07) is 0. The van der Waals surface area contributed by atoms with Crippen LogP contribution in [0.15, 0.2) is 0 Å². The summed E-state index contributed by atoms with van der Waals surface area (Å²) in [4.78, 5) is 76.4. The van der Waals surface area contributed by atoms with Gasteiger partial charge in [0.1, 0.15) is 12.2 Å². The van der Waals surface area contributed by atoms with E-state index >= 15 is 0 Å². The average molecular weight is 750 g/mol. The first kappa shape index (κ1) is 35.3. The number of carbonyl (C=O) groups excluding carboxylic acids is 6. The van der Waals surface area contributed by atoms with E-state index in [1.165, 1.54) is 9.80 Å². The van der Waals surface area contributed by atoms with E-state index in [0.29, 0.717) is 17.8 Å². The van der Waals surface area contributed by atoms with E-state index in [1.807, 2.05) is 0 Å². The Kier molecular flexibility index (Phi) is 12.9. The topological polar surface area (TPSA) is 215 Å². The van der Waals surface area contributed by atoms with Crippen LogP contribution in [-0.2, 0) is 28.7 Å². The van der Waals surface area contributed by atoms with Crippen LogP contribution in [0, 0.1) is 63.1 Å². The van der Waals surface area contributed by atoms with Crippen molar-refractivity contribution in [3.8, 4) is 0 Å². The molecule has 0 spiro atoms. The van der Waals surface area contributed by atoms with Crippen LogP contribution in [0.25, 0.3) is 0 Å². The second kappa shape index (κ2) is 15.7. The molecule has 0 unspecified atom stereocenters. The molecule has 0 aromatic carbocycles. The zero-order valence-electron chi connectivity index (χ0n) is 23.9. The largest absolute Gasteiger partial charge is 3.00 e. The zero-order chi connectivity index (χ0) is 30.4. The van der Waals surface area contributed by atoms with Crippen molar-refractivity contribution in [2.24, 2.45) is 23.2 Å². The molecule has 0 atom stereocenters. The first-order chi connectivity index (χ1) is 19.9. The molecule has 1 aliphatic heterocycles. The zero-order valence-corrected chi connectivity index (χ0v) is 26.2. The van der Waals surface area contributed by atoms with Crippen LogP contribution in [0.5, 0.6) is 0 Å². The fourth-order valence-electron chi connectivity index (χ4n) is 7.38. The normalized spacial score (nSPS) is 29.7. The van der Waals surface area contributed by atoms with E-state index in [1.54, 1.807) is 0 Å². The van der Waals surface area contributed by atoms with E-state index in [4.69, 9.17) is 4.74 Å². The molecule has 3 amide bonds. The summed E-state index contributed by atoms with van der Waals surface area (Å²) in [5, 5.41) is 39.4. The summed E-state index contributed by atoms with van der Waals surface area (Å²) < 4.78 is 5.92. The van der Waals surface area contributed by atoms with Crippen LogP contribution in [0.1, 0.15) is 38.5 Å². The van der Waals surface area contributed by atoms with Crippen molar-refractivity contribution in [3.63, 3.8) is 0 Å². The molecule has 0 aromatic heterocycles. The summed E-state index contributed by atoms with van der Waals surface area (Å²) >= 11 is 0. The van der Waals surface area contributed by atoms with Gasteiger partial charge in [0.05, 0.1) is 43.5 Å². The molecule has 0 aromatic rings. The van der Waals surface area contributed by atoms with Gasteiger partial charge in [0.25, 0.3) is 0 Å². The second-order valence-electron chi connectivity index (χ2n) is 12.3. The monoisotopic (exact) mass is 750 g/mol. The average Bonchev–Trinajstić information content (AvgIpc) is 2.87. The van der Waals surface area contributed by atoms with Crippen LogP contribution < -0.4 is 26.0 Å². The van der Waals surface area contributed by atoms with Gasteiger partial charge in [-0.25, -0.2) is 0 Å². The van der Waals surface area contributed by atoms with E-state index in [0.717, 1.165) is 43.4 Å². The Morgan fingerprint density at radius 2 is 1.16 bits per heavy atom. The second-order valence-corrected chi connectivity index (χ2v) is 12.3. The Morgan fingerprint density at radius 1 is 0.744 bits per heavy atom. The third-order valence-corrected chi connectivity index (χ3v) is 8.87. The molecule has 2 N–H and O–H groups in total. The van der Waals surface area contributed by atoms with Gasteiger partial charge in [0.2, 0.25) is 11.8 Å². The van der Waals surface area contributed by atoms with Crippen LogP contribution in [0.4, 0.5) is 4.79 Å². The Balaban J connectivity index is 0.00000506. The molecule has 16 heteroatoms. The summed E-state index contributed by atoms with van der Waals surface area (Å²) in [6.07, 6.45) is 3.18. The maximum absolute atomic E-state index is 13.6. The summed E-state index contributed by atoms with van der Waals surface area (Å²) in [5.74, 6) is -2.97. The molecule has 43 heavy (non-hydrogen) atoms. The minimum atomic E-state index is -1.59. The minimum Gasteiger partial charge on any atom is -0.549 e. The Hall–Kier alpha value is -2.14. The Bertz CT molecular complexity index is 993. The number of carboxylic acid groups (broad SMARTS) is 3. The third-order valence-electron chi connectivity index (χ3n) is 8.87.